The van der Waals surface area contributed by atoms with Gasteiger partial charge < -0.3 is 0 Å². The second kappa shape index (κ2) is 6.46. The topological polar surface area (TPSA) is 59.1 Å². The minimum atomic E-state index is -4.01. The van der Waals surface area contributed by atoms with E-state index in [1.54, 1.807) is 11.4 Å². The van der Waals surface area contributed by atoms with Crippen LogP contribution in [0.5, 0.6) is 0 Å². The van der Waals surface area contributed by atoms with E-state index in [0.717, 1.165) is 29.5 Å². The number of nitrogens with zero attached hydrogens (tertiary/aromatic N) is 1. The van der Waals surface area contributed by atoms with Crippen LogP contribution in [0.2, 0.25) is 5.02 Å². The van der Waals surface area contributed by atoms with Gasteiger partial charge >= 0.3 is 0 Å². The van der Waals surface area contributed by atoms with Crippen LogP contribution in [0.3, 0.4) is 0 Å². The van der Waals surface area contributed by atoms with Crippen molar-refractivity contribution in [2.24, 2.45) is 0 Å². The largest absolute Gasteiger partial charge is 0.265 e. The molecule has 0 bridgehead atoms. The van der Waals surface area contributed by atoms with Gasteiger partial charge in [-0.3, -0.25) is 4.72 Å². The Balaban J connectivity index is 1.89. The summed E-state index contributed by atoms with van der Waals surface area (Å²) in [7, 11) is -4.01. The maximum Gasteiger partial charge on any atom is 0.265 e. The first-order valence-corrected chi connectivity index (χ1v) is 9.28. The van der Waals surface area contributed by atoms with Gasteiger partial charge in [0.2, 0.25) is 0 Å². The van der Waals surface area contributed by atoms with Crippen molar-refractivity contribution in [2.75, 3.05) is 4.72 Å². The Morgan fingerprint density at radius 1 is 1.08 bits per heavy atom. The van der Waals surface area contributed by atoms with E-state index in [1.165, 1.54) is 18.2 Å². The molecule has 0 aliphatic rings. The highest BCUT2D eigenvalue weighted by Crippen LogP contribution is 2.29. The van der Waals surface area contributed by atoms with Crippen LogP contribution in [-0.4, -0.2) is 13.4 Å². The molecule has 4 nitrogen and oxygen atoms in total. The fourth-order valence-corrected chi connectivity index (χ4v) is 4.47. The zero-order valence-corrected chi connectivity index (χ0v) is 14.2. The standard InChI is InChI=1S/C15H9ClF2N2O2S2/c16-12-7-11(18)4-5-14(12)24(21,22)20-15-19-13(8-23-15)9-2-1-3-10(17)6-9/h1-8H,(H,19,20). The zero-order valence-electron chi connectivity index (χ0n) is 11.8. The monoisotopic (exact) mass is 386 g/mol. The molecule has 0 saturated carbocycles. The highest BCUT2D eigenvalue weighted by atomic mass is 35.5. The van der Waals surface area contributed by atoms with Crippen LogP contribution < -0.4 is 4.72 Å². The number of sulfonamides is 1. The molecule has 1 aromatic heterocycles. The van der Waals surface area contributed by atoms with Crippen LogP contribution in [0, 0.1) is 11.6 Å². The quantitative estimate of drug-likeness (QED) is 0.716. The number of hydrogen-bond acceptors (Lipinski definition) is 4. The van der Waals surface area contributed by atoms with Gasteiger partial charge in [-0.15, -0.1) is 11.3 Å². The van der Waals surface area contributed by atoms with Crippen molar-refractivity contribution in [1.82, 2.24) is 4.98 Å². The molecular weight excluding hydrogens is 378 g/mol. The maximum atomic E-state index is 13.2. The first-order valence-electron chi connectivity index (χ1n) is 6.54. The van der Waals surface area contributed by atoms with Crippen molar-refractivity contribution in [3.63, 3.8) is 0 Å². The highest BCUT2D eigenvalue weighted by molar-refractivity contribution is 7.93. The van der Waals surface area contributed by atoms with E-state index >= 15 is 0 Å². The zero-order chi connectivity index (χ0) is 17.3. The van der Waals surface area contributed by atoms with E-state index in [-0.39, 0.29) is 15.0 Å². The molecule has 0 fully saturated rings. The molecule has 0 aliphatic carbocycles. The molecule has 2 aromatic carbocycles. The number of benzene rings is 2. The van der Waals surface area contributed by atoms with E-state index in [4.69, 9.17) is 11.6 Å². The summed E-state index contributed by atoms with van der Waals surface area (Å²) in [6, 6.07) is 8.78. The summed E-state index contributed by atoms with van der Waals surface area (Å²) in [5.74, 6) is -1.05. The second-order valence-corrected chi connectivity index (χ2v) is 7.64. The lowest BCUT2D eigenvalue weighted by Crippen LogP contribution is -2.13. The Bertz CT molecular complexity index is 1010. The second-order valence-electron chi connectivity index (χ2n) is 4.73. The summed E-state index contributed by atoms with van der Waals surface area (Å²) < 4.78 is 53.2. The molecule has 24 heavy (non-hydrogen) atoms. The summed E-state index contributed by atoms with van der Waals surface area (Å²) in [5.41, 5.74) is 0.957. The molecule has 1 heterocycles. The summed E-state index contributed by atoms with van der Waals surface area (Å²) in [4.78, 5) is 3.87. The van der Waals surface area contributed by atoms with Gasteiger partial charge in [0, 0.05) is 10.9 Å². The maximum absolute atomic E-state index is 13.2. The van der Waals surface area contributed by atoms with Gasteiger partial charge in [-0.25, -0.2) is 22.2 Å². The van der Waals surface area contributed by atoms with Gasteiger partial charge in [0.05, 0.1) is 10.7 Å². The molecule has 0 radical (unpaired) electrons. The minimum absolute atomic E-state index is 0.0923. The Labute approximate surface area is 145 Å². The molecule has 0 aliphatic heterocycles. The van der Waals surface area contributed by atoms with Crippen LogP contribution in [0.4, 0.5) is 13.9 Å². The van der Waals surface area contributed by atoms with E-state index < -0.39 is 21.7 Å². The summed E-state index contributed by atoms with van der Waals surface area (Å²) >= 11 is 6.82. The van der Waals surface area contributed by atoms with E-state index in [9.17, 15) is 17.2 Å². The molecule has 1 N–H and O–H groups in total. The Morgan fingerprint density at radius 3 is 2.54 bits per heavy atom. The number of anilines is 1. The third-order valence-electron chi connectivity index (χ3n) is 3.03. The van der Waals surface area contributed by atoms with Crippen LogP contribution in [-0.2, 0) is 10.0 Å². The van der Waals surface area contributed by atoms with Gasteiger partial charge in [0.25, 0.3) is 10.0 Å². The van der Waals surface area contributed by atoms with Crippen LogP contribution in [0.1, 0.15) is 0 Å². The number of hydrogen-bond donors (Lipinski definition) is 1. The van der Waals surface area contributed by atoms with Gasteiger partial charge in [-0.1, -0.05) is 23.7 Å². The van der Waals surface area contributed by atoms with Crippen molar-refractivity contribution < 1.29 is 17.2 Å². The lowest BCUT2D eigenvalue weighted by molar-refractivity contribution is 0.599. The van der Waals surface area contributed by atoms with Crippen LogP contribution in [0.25, 0.3) is 11.3 Å². The molecule has 0 amide bonds. The highest BCUT2D eigenvalue weighted by Gasteiger charge is 2.20. The average molecular weight is 387 g/mol. The van der Waals surface area contributed by atoms with Gasteiger partial charge in [-0.2, -0.15) is 0 Å². The lowest BCUT2D eigenvalue weighted by atomic mass is 10.2. The summed E-state index contributed by atoms with van der Waals surface area (Å²) in [6.45, 7) is 0. The molecule has 3 rings (SSSR count). The predicted molar refractivity (Wildman–Crippen MR) is 89.7 cm³/mol. The first kappa shape index (κ1) is 16.8. The van der Waals surface area contributed by atoms with Crippen molar-refractivity contribution in [3.05, 3.63) is 64.5 Å². The number of nitrogens with one attached hydrogen (secondary N) is 1. The van der Waals surface area contributed by atoms with Crippen LogP contribution >= 0.6 is 22.9 Å². The third kappa shape index (κ3) is 3.55. The van der Waals surface area contributed by atoms with Crippen LogP contribution in [0.15, 0.2) is 52.7 Å². The molecule has 0 unspecified atom stereocenters. The minimum Gasteiger partial charge on any atom is -0.255 e. The normalized spacial score (nSPS) is 11.5. The average Bonchev–Trinajstić information content (AvgIpc) is 2.94. The van der Waals surface area contributed by atoms with Crippen molar-refractivity contribution in [1.29, 1.82) is 0 Å². The molecule has 0 saturated heterocycles. The molecule has 9 heteroatoms. The number of halogens is 3. The third-order valence-corrected chi connectivity index (χ3v) is 5.74. The number of aromatic nitrogens is 1. The Kier molecular flexibility index (Phi) is 4.53. The van der Waals surface area contributed by atoms with E-state index in [1.807, 2.05) is 0 Å². The molecule has 124 valence electrons. The summed E-state index contributed by atoms with van der Waals surface area (Å²) in [6.07, 6.45) is 0. The molecular formula is C15H9ClF2N2O2S2. The fraction of sp³-hybridized carbons (Fsp3) is 0. The lowest BCUT2D eigenvalue weighted by Gasteiger charge is -2.07. The molecule has 3 aromatic rings. The van der Waals surface area contributed by atoms with E-state index in [2.05, 4.69) is 9.71 Å². The van der Waals surface area contributed by atoms with E-state index in [0.29, 0.717) is 11.3 Å². The smallest absolute Gasteiger partial charge is 0.255 e. The Hall–Kier alpha value is -2.03. The SMILES string of the molecule is O=S(=O)(Nc1nc(-c2cccc(F)c2)cs1)c1ccc(F)cc1Cl. The van der Waals surface area contributed by atoms with Crippen molar-refractivity contribution in [2.45, 2.75) is 4.90 Å². The number of rotatable bonds is 4. The summed E-state index contributed by atoms with van der Waals surface area (Å²) in [5, 5.41) is 1.46. The first-order chi connectivity index (χ1) is 11.3. The number of thiazole rings is 1. The molecule has 0 atom stereocenters. The van der Waals surface area contributed by atoms with Gasteiger partial charge in [-0.05, 0) is 30.3 Å². The molecule has 0 spiro atoms. The van der Waals surface area contributed by atoms with Gasteiger partial charge in [0.1, 0.15) is 16.5 Å². The van der Waals surface area contributed by atoms with Crippen molar-refractivity contribution in [3.8, 4) is 11.3 Å². The Morgan fingerprint density at radius 2 is 1.83 bits per heavy atom. The predicted octanol–water partition coefficient (Wildman–Crippen LogP) is 4.54. The van der Waals surface area contributed by atoms with Crippen molar-refractivity contribution >= 4 is 38.1 Å². The van der Waals surface area contributed by atoms with Gasteiger partial charge in [0.15, 0.2) is 5.13 Å². The fourth-order valence-electron chi connectivity index (χ4n) is 1.96.